The lowest BCUT2D eigenvalue weighted by Gasteiger charge is -2.33. The van der Waals surface area contributed by atoms with E-state index in [2.05, 4.69) is 17.1 Å². The monoisotopic (exact) mass is 166 g/mol. The highest BCUT2D eigenvalue weighted by molar-refractivity contribution is 4.89. The van der Waals surface area contributed by atoms with Crippen LogP contribution in [-0.4, -0.2) is 19.6 Å². The predicted octanol–water partition coefficient (Wildman–Crippen LogP) is 2.07. The molecule has 0 amide bonds. The van der Waals surface area contributed by atoms with Crippen molar-refractivity contribution in [2.75, 3.05) is 13.6 Å². The Hall–Kier alpha value is -0.550. The first-order valence-corrected chi connectivity index (χ1v) is 4.71. The highest BCUT2D eigenvalue weighted by Crippen LogP contribution is 2.35. The van der Waals surface area contributed by atoms with Crippen LogP contribution in [0.15, 0.2) is 0 Å². The molecule has 0 aliphatic heterocycles. The third-order valence-electron chi connectivity index (χ3n) is 3.06. The van der Waals surface area contributed by atoms with E-state index in [0.29, 0.717) is 18.0 Å². The van der Waals surface area contributed by atoms with Crippen molar-refractivity contribution < 1.29 is 0 Å². The molecule has 0 unspecified atom stereocenters. The van der Waals surface area contributed by atoms with Gasteiger partial charge in [-0.15, -0.1) is 0 Å². The molecule has 0 aromatic rings. The van der Waals surface area contributed by atoms with Crippen molar-refractivity contribution >= 4 is 0 Å². The molecule has 0 bridgehead atoms. The lowest BCUT2D eigenvalue weighted by Crippen LogP contribution is -2.35. The van der Waals surface area contributed by atoms with Crippen LogP contribution >= 0.6 is 0 Å². The number of hydrogen-bond acceptors (Lipinski definition) is 1. The summed E-state index contributed by atoms with van der Waals surface area (Å²) < 4.78 is 0. The lowest BCUT2D eigenvalue weighted by molar-refractivity contribution is 0.207. The second-order valence-electron chi connectivity index (χ2n) is 4.19. The van der Waals surface area contributed by atoms with Gasteiger partial charge in [0.05, 0.1) is 0 Å². The first kappa shape index (κ1) is 9.54. The fourth-order valence-corrected chi connectivity index (χ4v) is 1.95. The molecule has 0 spiro atoms. The summed E-state index contributed by atoms with van der Waals surface area (Å²) in [4.78, 5) is 3.51. The van der Waals surface area contributed by atoms with Crippen LogP contribution in [-0.2, 0) is 0 Å². The number of hydrogen-bond donors (Lipinski definition) is 1. The van der Waals surface area contributed by atoms with Gasteiger partial charge in [0.25, 0.3) is 0 Å². The molecule has 1 fully saturated rings. The molecule has 0 aromatic carbocycles. The first-order chi connectivity index (χ1) is 5.70. The SMILES string of the molecule is [C-]#[N+]CC1(C)CCC(NC)CC1. The maximum atomic E-state index is 6.87. The minimum atomic E-state index is 0.315. The van der Waals surface area contributed by atoms with E-state index in [-0.39, 0.29) is 0 Å². The van der Waals surface area contributed by atoms with Crippen molar-refractivity contribution in [2.24, 2.45) is 5.41 Å². The van der Waals surface area contributed by atoms with Crippen molar-refractivity contribution in [1.82, 2.24) is 5.32 Å². The van der Waals surface area contributed by atoms with Crippen LogP contribution in [0.3, 0.4) is 0 Å². The average Bonchev–Trinajstić information content (AvgIpc) is 2.06. The Morgan fingerprint density at radius 3 is 2.50 bits per heavy atom. The summed E-state index contributed by atoms with van der Waals surface area (Å²) in [5.41, 5.74) is 0.315. The predicted molar refractivity (Wildman–Crippen MR) is 50.9 cm³/mol. The van der Waals surface area contributed by atoms with E-state index in [1.807, 2.05) is 7.05 Å². The van der Waals surface area contributed by atoms with Gasteiger partial charge < -0.3 is 10.2 Å². The van der Waals surface area contributed by atoms with Crippen molar-refractivity contribution in [3.8, 4) is 0 Å². The van der Waals surface area contributed by atoms with Gasteiger partial charge in [-0.05, 0) is 32.7 Å². The normalized spacial score (nSPS) is 35.9. The van der Waals surface area contributed by atoms with E-state index in [1.165, 1.54) is 25.7 Å². The van der Waals surface area contributed by atoms with E-state index in [4.69, 9.17) is 6.57 Å². The lowest BCUT2D eigenvalue weighted by atomic mass is 9.74. The zero-order chi connectivity index (χ0) is 9.03. The van der Waals surface area contributed by atoms with Gasteiger partial charge in [-0.3, -0.25) is 0 Å². The second kappa shape index (κ2) is 3.91. The van der Waals surface area contributed by atoms with Crippen LogP contribution in [0.2, 0.25) is 0 Å². The summed E-state index contributed by atoms with van der Waals surface area (Å²) in [6, 6.07) is 0.698. The Bertz CT molecular complexity index is 173. The molecule has 0 radical (unpaired) electrons. The van der Waals surface area contributed by atoms with E-state index in [0.717, 1.165) is 0 Å². The maximum absolute atomic E-state index is 6.87. The number of rotatable bonds is 2. The minimum Gasteiger partial charge on any atom is -0.317 e. The topological polar surface area (TPSA) is 16.4 Å². The van der Waals surface area contributed by atoms with E-state index >= 15 is 0 Å². The Morgan fingerprint density at radius 2 is 2.08 bits per heavy atom. The number of nitrogens with one attached hydrogen (secondary N) is 1. The van der Waals surface area contributed by atoms with E-state index in [1.54, 1.807) is 0 Å². The molecule has 1 saturated carbocycles. The molecule has 68 valence electrons. The Labute approximate surface area is 75.2 Å². The minimum absolute atomic E-state index is 0.315. The molecule has 1 rings (SSSR count). The molecule has 2 heteroatoms. The van der Waals surface area contributed by atoms with Crippen LogP contribution in [0, 0.1) is 12.0 Å². The fraction of sp³-hybridized carbons (Fsp3) is 0.900. The Balaban J connectivity index is 2.39. The Kier molecular flexibility index (Phi) is 3.11. The molecular formula is C10H18N2. The van der Waals surface area contributed by atoms with Crippen LogP contribution < -0.4 is 5.32 Å². The smallest absolute Gasteiger partial charge is 0.219 e. The standard InChI is InChI=1S/C10H18N2/c1-10(8-11-2)6-4-9(12-3)5-7-10/h9,12H,4-8H2,1,3H3. The van der Waals surface area contributed by atoms with Crippen molar-refractivity contribution in [3.05, 3.63) is 11.4 Å². The quantitative estimate of drug-likeness (QED) is 0.621. The number of nitrogens with zero attached hydrogens (tertiary/aromatic N) is 1. The molecule has 0 atom stereocenters. The van der Waals surface area contributed by atoms with Crippen molar-refractivity contribution in [2.45, 2.75) is 38.6 Å². The van der Waals surface area contributed by atoms with Crippen LogP contribution in [0.4, 0.5) is 0 Å². The third-order valence-corrected chi connectivity index (χ3v) is 3.06. The van der Waals surface area contributed by atoms with E-state index in [9.17, 15) is 0 Å². The molecular weight excluding hydrogens is 148 g/mol. The van der Waals surface area contributed by atoms with E-state index < -0.39 is 0 Å². The van der Waals surface area contributed by atoms with Crippen LogP contribution in [0.1, 0.15) is 32.6 Å². The Morgan fingerprint density at radius 1 is 1.50 bits per heavy atom. The van der Waals surface area contributed by atoms with Gasteiger partial charge in [-0.25, -0.2) is 6.57 Å². The summed E-state index contributed by atoms with van der Waals surface area (Å²) in [6.45, 7) is 9.83. The van der Waals surface area contributed by atoms with Gasteiger partial charge in [-0.2, -0.15) is 0 Å². The summed E-state index contributed by atoms with van der Waals surface area (Å²) in [7, 11) is 2.03. The van der Waals surface area contributed by atoms with Gasteiger partial charge in [0, 0.05) is 11.5 Å². The second-order valence-corrected chi connectivity index (χ2v) is 4.19. The van der Waals surface area contributed by atoms with Crippen molar-refractivity contribution in [1.29, 1.82) is 0 Å². The van der Waals surface area contributed by atoms with Gasteiger partial charge in [0.15, 0.2) is 0 Å². The van der Waals surface area contributed by atoms with Gasteiger partial charge in [0.2, 0.25) is 6.54 Å². The summed E-state index contributed by atoms with van der Waals surface area (Å²) in [5, 5.41) is 3.31. The molecule has 1 aliphatic rings. The van der Waals surface area contributed by atoms with Crippen molar-refractivity contribution in [3.63, 3.8) is 0 Å². The van der Waals surface area contributed by atoms with Gasteiger partial charge >= 0.3 is 0 Å². The zero-order valence-corrected chi connectivity index (χ0v) is 8.06. The highest BCUT2D eigenvalue weighted by Gasteiger charge is 2.32. The molecule has 1 N–H and O–H groups in total. The third kappa shape index (κ3) is 2.22. The molecule has 0 heterocycles. The zero-order valence-electron chi connectivity index (χ0n) is 8.06. The largest absolute Gasteiger partial charge is 0.317 e. The molecule has 0 saturated heterocycles. The molecule has 2 nitrogen and oxygen atoms in total. The summed E-state index contributed by atoms with van der Waals surface area (Å²) in [5.74, 6) is 0. The molecule has 1 aliphatic carbocycles. The average molecular weight is 166 g/mol. The van der Waals surface area contributed by atoms with Crippen LogP contribution in [0.25, 0.3) is 4.85 Å². The fourth-order valence-electron chi connectivity index (χ4n) is 1.95. The van der Waals surface area contributed by atoms with Gasteiger partial charge in [0.1, 0.15) is 0 Å². The summed E-state index contributed by atoms with van der Waals surface area (Å²) >= 11 is 0. The molecule has 0 aromatic heterocycles. The van der Waals surface area contributed by atoms with Gasteiger partial charge in [-0.1, -0.05) is 6.92 Å². The highest BCUT2D eigenvalue weighted by atomic mass is 14.9. The first-order valence-electron chi connectivity index (χ1n) is 4.71. The maximum Gasteiger partial charge on any atom is 0.219 e. The summed E-state index contributed by atoms with van der Waals surface area (Å²) in [6.07, 6.45) is 4.90. The molecule has 12 heavy (non-hydrogen) atoms. The van der Waals surface area contributed by atoms with Crippen LogP contribution in [0.5, 0.6) is 0 Å².